The van der Waals surface area contributed by atoms with Gasteiger partial charge in [0, 0.05) is 0 Å². The van der Waals surface area contributed by atoms with Crippen molar-refractivity contribution in [2.45, 2.75) is 77.4 Å². The summed E-state index contributed by atoms with van der Waals surface area (Å²) < 4.78 is 6.05. The highest BCUT2D eigenvalue weighted by Crippen LogP contribution is 2.46. The zero-order valence-electron chi connectivity index (χ0n) is 13.3. The zero-order valence-corrected chi connectivity index (χ0v) is 13.3. The number of aliphatic hydroxyl groups excluding tert-OH is 1. The molecule has 1 saturated heterocycles. The molecule has 1 heterocycles. The summed E-state index contributed by atoms with van der Waals surface area (Å²) in [4.78, 5) is 0. The summed E-state index contributed by atoms with van der Waals surface area (Å²) in [6.07, 6.45) is 10.8. The van der Waals surface area contributed by atoms with Crippen molar-refractivity contribution in [2.75, 3.05) is 6.61 Å². The average Bonchev–Trinajstić information content (AvgIpc) is 2.58. The predicted molar refractivity (Wildman–Crippen MR) is 81.5 cm³/mol. The van der Waals surface area contributed by atoms with Crippen LogP contribution in [0.25, 0.3) is 0 Å². The van der Waals surface area contributed by atoms with Gasteiger partial charge in [0.1, 0.15) is 0 Å². The van der Waals surface area contributed by atoms with Crippen LogP contribution in [0.15, 0.2) is 0 Å². The maximum atomic E-state index is 10.7. The van der Waals surface area contributed by atoms with Gasteiger partial charge >= 0.3 is 0 Å². The van der Waals surface area contributed by atoms with Crippen LogP contribution in [-0.2, 0) is 4.74 Å². The third kappa shape index (κ3) is 2.92. The highest BCUT2D eigenvalue weighted by molar-refractivity contribution is 4.91. The van der Waals surface area contributed by atoms with E-state index < -0.39 is 0 Å². The lowest BCUT2D eigenvalue weighted by Gasteiger charge is -2.44. The van der Waals surface area contributed by atoms with Gasteiger partial charge in [-0.2, -0.15) is 0 Å². The summed E-state index contributed by atoms with van der Waals surface area (Å²) in [5, 5.41) is 10.7. The molecule has 20 heavy (non-hydrogen) atoms. The van der Waals surface area contributed by atoms with Gasteiger partial charge in [-0.1, -0.05) is 26.2 Å². The summed E-state index contributed by atoms with van der Waals surface area (Å²) in [7, 11) is 0. The Kier molecular flexibility index (Phi) is 4.72. The molecule has 3 rings (SSSR count). The summed E-state index contributed by atoms with van der Waals surface area (Å²) in [6.45, 7) is 5.47. The minimum atomic E-state index is -0.0619. The van der Waals surface area contributed by atoms with E-state index in [1.54, 1.807) is 0 Å². The fourth-order valence-electron chi connectivity index (χ4n) is 4.94. The lowest BCUT2D eigenvalue weighted by Crippen LogP contribution is -2.42. The van der Waals surface area contributed by atoms with E-state index in [0.717, 1.165) is 12.5 Å². The van der Waals surface area contributed by atoms with Gasteiger partial charge in [-0.15, -0.1) is 0 Å². The largest absolute Gasteiger partial charge is 0.393 e. The van der Waals surface area contributed by atoms with Crippen LogP contribution in [0.1, 0.15) is 65.2 Å². The van der Waals surface area contributed by atoms with Crippen molar-refractivity contribution >= 4 is 0 Å². The zero-order chi connectivity index (χ0) is 14.1. The van der Waals surface area contributed by atoms with E-state index in [1.807, 2.05) is 0 Å². The first kappa shape index (κ1) is 14.8. The second-order valence-corrected chi connectivity index (χ2v) is 7.78. The van der Waals surface area contributed by atoms with Gasteiger partial charge in [0.2, 0.25) is 0 Å². The van der Waals surface area contributed by atoms with Crippen LogP contribution in [0.5, 0.6) is 0 Å². The van der Waals surface area contributed by atoms with Crippen molar-refractivity contribution in [3.8, 4) is 0 Å². The molecular weight excluding hydrogens is 248 g/mol. The number of rotatable bonds is 3. The highest BCUT2D eigenvalue weighted by atomic mass is 16.5. The SMILES string of the molecule is CC1CC[C@H]2CCCC([C@@H](C)C(O)C3CCC3)C2CO1. The monoisotopic (exact) mass is 280 g/mol. The Hall–Kier alpha value is -0.0800. The number of ether oxygens (including phenoxy) is 1. The molecule has 2 nitrogen and oxygen atoms in total. The average molecular weight is 280 g/mol. The molecule has 0 aromatic heterocycles. The van der Waals surface area contributed by atoms with Crippen LogP contribution < -0.4 is 0 Å². The van der Waals surface area contributed by atoms with E-state index >= 15 is 0 Å². The van der Waals surface area contributed by atoms with Gasteiger partial charge in [-0.3, -0.25) is 0 Å². The van der Waals surface area contributed by atoms with Crippen molar-refractivity contribution in [1.29, 1.82) is 0 Å². The van der Waals surface area contributed by atoms with Crippen LogP contribution in [0.3, 0.4) is 0 Å². The molecule has 0 aromatic carbocycles. The second-order valence-electron chi connectivity index (χ2n) is 7.78. The van der Waals surface area contributed by atoms with Crippen molar-refractivity contribution in [3.05, 3.63) is 0 Å². The molecule has 1 aliphatic heterocycles. The van der Waals surface area contributed by atoms with Crippen LogP contribution in [0.4, 0.5) is 0 Å². The van der Waals surface area contributed by atoms with E-state index in [4.69, 9.17) is 4.74 Å². The number of hydrogen-bond donors (Lipinski definition) is 1. The quantitative estimate of drug-likeness (QED) is 0.846. The van der Waals surface area contributed by atoms with E-state index in [-0.39, 0.29) is 6.10 Å². The van der Waals surface area contributed by atoms with Crippen molar-refractivity contribution in [1.82, 2.24) is 0 Å². The Balaban J connectivity index is 1.67. The van der Waals surface area contributed by atoms with E-state index in [1.165, 1.54) is 51.4 Å². The van der Waals surface area contributed by atoms with Crippen molar-refractivity contribution in [2.24, 2.45) is 29.6 Å². The second kappa shape index (κ2) is 6.36. The molecule has 0 radical (unpaired) electrons. The molecule has 6 atom stereocenters. The fraction of sp³-hybridized carbons (Fsp3) is 1.00. The minimum absolute atomic E-state index is 0.0619. The number of fused-ring (bicyclic) bond motifs is 1. The van der Waals surface area contributed by atoms with Crippen LogP contribution >= 0.6 is 0 Å². The van der Waals surface area contributed by atoms with Gasteiger partial charge in [-0.25, -0.2) is 0 Å². The Morgan fingerprint density at radius 1 is 1.00 bits per heavy atom. The lowest BCUT2D eigenvalue weighted by atomic mass is 9.63. The first-order chi connectivity index (χ1) is 9.66. The molecule has 1 N–H and O–H groups in total. The summed E-state index contributed by atoms with van der Waals surface area (Å²) >= 11 is 0. The van der Waals surface area contributed by atoms with Crippen LogP contribution in [0, 0.1) is 29.6 Å². The molecule has 3 aliphatic rings. The molecule has 0 aromatic rings. The number of hydrogen-bond acceptors (Lipinski definition) is 2. The summed E-state index contributed by atoms with van der Waals surface area (Å²) in [5.74, 6) is 3.31. The van der Waals surface area contributed by atoms with Gasteiger partial charge in [0.25, 0.3) is 0 Å². The third-order valence-corrected chi connectivity index (χ3v) is 6.63. The van der Waals surface area contributed by atoms with Gasteiger partial charge in [-0.05, 0) is 68.6 Å². The van der Waals surface area contributed by atoms with Gasteiger partial charge in [0.05, 0.1) is 18.8 Å². The van der Waals surface area contributed by atoms with Crippen molar-refractivity contribution in [3.63, 3.8) is 0 Å². The standard InChI is InChI=1S/C18H32O2/c1-12-9-10-14-5-4-8-16(17(14)11-20-12)13(2)18(19)15-6-3-7-15/h12-19H,3-11H2,1-2H3/t12?,13-,14-,16?,17?,18?/m1/s1. The molecule has 0 spiro atoms. The highest BCUT2D eigenvalue weighted by Gasteiger charge is 2.42. The van der Waals surface area contributed by atoms with Gasteiger partial charge in [0.15, 0.2) is 0 Å². The molecule has 2 saturated carbocycles. The molecular formula is C18H32O2. The molecule has 0 amide bonds. The topological polar surface area (TPSA) is 29.5 Å². The fourth-order valence-corrected chi connectivity index (χ4v) is 4.94. The lowest BCUT2D eigenvalue weighted by molar-refractivity contribution is -0.0491. The van der Waals surface area contributed by atoms with E-state index in [9.17, 15) is 5.11 Å². The molecule has 2 aliphatic carbocycles. The van der Waals surface area contributed by atoms with E-state index in [0.29, 0.717) is 29.8 Å². The molecule has 0 bridgehead atoms. The van der Waals surface area contributed by atoms with E-state index in [2.05, 4.69) is 13.8 Å². The summed E-state index contributed by atoms with van der Waals surface area (Å²) in [5.41, 5.74) is 0. The Bertz CT molecular complexity index is 313. The minimum Gasteiger partial charge on any atom is -0.393 e. The predicted octanol–water partition coefficient (Wildman–Crippen LogP) is 4.01. The van der Waals surface area contributed by atoms with Crippen LogP contribution in [-0.4, -0.2) is 23.9 Å². The molecule has 3 fully saturated rings. The van der Waals surface area contributed by atoms with Crippen molar-refractivity contribution < 1.29 is 9.84 Å². The molecule has 116 valence electrons. The van der Waals surface area contributed by atoms with Gasteiger partial charge < -0.3 is 9.84 Å². The maximum absolute atomic E-state index is 10.7. The third-order valence-electron chi connectivity index (χ3n) is 6.63. The molecule has 4 unspecified atom stereocenters. The Morgan fingerprint density at radius 3 is 2.45 bits per heavy atom. The smallest absolute Gasteiger partial charge is 0.0596 e. The normalized spacial score (nSPS) is 42.1. The first-order valence-corrected chi connectivity index (χ1v) is 8.96. The number of aliphatic hydroxyl groups is 1. The van der Waals surface area contributed by atoms with Crippen LogP contribution in [0.2, 0.25) is 0 Å². The summed E-state index contributed by atoms with van der Waals surface area (Å²) in [6, 6.07) is 0. The Labute approximate surface area is 124 Å². The Morgan fingerprint density at radius 2 is 1.75 bits per heavy atom. The maximum Gasteiger partial charge on any atom is 0.0596 e. The molecule has 2 heteroatoms. The first-order valence-electron chi connectivity index (χ1n) is 8.96.